The first-order valence-electron chi connectivity index (χ1n) is 8.15. The van der Waals surface area contributed by atoms with Crippen LogP contribution in [0.3, 0.4) is 0 Å². The first kappa shape index (κ1) is 15.8. The van der Waals surface area contributed by atoms with Crippen LogP contribution in [-0.2, 0) is 4.74 Å². The second kappa shape index (κ2) is 7.40. The van der Waals surface area contributed by atoms with E-state index >= 15 is 0 Å². The van der Waals surface area contributed by atoms with Gasteiger partial charge in [0.05, 0.1) is 12.2 Å². The quantitative estimate of drug-likeness (QED) is 0.809. The van der Waals surface area contributed by atoms with Crippen molar-refractivity contribution in [3.05, 3.63) is 0 Å². The van der Waals surface area contributed by atoms with Crippen LogP contribution < -0.4 is 5.32 Å². The molecule has 0 aromatic rings. The zero-order chi connectivity index (χ0) is 14.4. The van der Waals surface area contributed by atoms with Gasteiger partial charge in [-0.2, -0.15) is 5.26 Å². The van der Waals surface area contributed by atoms with E-state index in [1.54, 1.807) is 0 Å². The molecule has 20 heavy (non-hydrogen) atoms. The Bertz CT molecular complexity index is 333. The minimum absolute atomic E-state index is 0.250. The average Bonchev–Trinajstić information content (AvgIpc) is 2.89. The molecule has 2 rings (SSSR count). The van der Waals surface area contributed by atoms with E-state index < -0.39 is 0 Å². The van der Waals surface area contributed by atoms with Crippen molar-refractivity contribution in [3.63, 3.8) is 0 Å². The molecule has 1 saturated heterocycles. The van der Waals surface area contributed by atoms with E-state index in [0.717, 1.165) is 51.9 Å². The van der Waals surface area contributed by atoms with Gasteiger partial charge in [0.15, 0.2) is 0 Å². The van der Waals surface area contributed by atoms with Crippen molar-refractivity contribution >= 4 is 0 Å². The van der Waals surface area contributed by atoms with Gasteiger partial charge in [-0.05, 0) is 51.1 Å². The molecule has 2 fully saturated rings. The molecule has 4 heteroatoms. The summed E-state index contributed by atoms with van der Waals surface area (Å²) in [7, 11) is 1.82. The molecule has 0 bridgehead atoms. The highest BCUT2D eigenvalue weighted by atomic mass is 16.5. The lowest BCUT2D eigenvalue weighted by Gasteiger charge is -2.34. The Morgan fingerprint density at radius 1 is 1.35 bits per heavy atom. The van der Waals surface area contributed by atoms with E-state index in [9.17, 15) is 5.26 Å². The van der Waals surface area contributed by atoms with Crippen LogP contribution >= 0.6 is 0 Å². The Kier molecular flexibility index (Phi) is 5.83. The number of rotatable bonds is 6. The Morgan fingerprint density at radius 2 is 2.10 bits per heavy atom. The van der Waals surface area contributed by atoms with Crippen LogP contribution in [0.2, 0.25) is 0 Å². The fourth-order valence-electron chi connectivity index (χ4n) is 3.91. The normalized spacial score (nSPS) is 32.4. The molecule has 2 unspecified atom stereocenters. The molecule has 1 saturated carbocycles. The number of nitrogens with zero attached hydrogens (tertiary/aromatic N) is 2. The summed E-state index contributed by atoms with van der Waals surface area (Å²) >= 11 is 0. The van der Waals surface area contributed by atoms with Gasteiger partial charge in [-0.15, -0.1) is 0 Å². The number of hydrogen-bond donors (Lipinski definition) is 1. The lowest BCUT2D eigenvalue weighted by molar-refractivity contribution is 0.0389. The van der Waals surface area contributed by atoms with Crippen molar-refractivity contribution in [2.45, 2.75) is 57.1 Å². The third-order valence-corrected chi connectivity index (χ3v) is 5.17. The first-order valence-corrected chi connectivity index (χ1v) is 8.15. The molecule has 0 amide bonds. The number of piperidine rings is 1. The Labute approximate surface area is 123 Å². The average molecular weight is 279 g/mol. The van der Waals surface area contributed by atoms with Crippen molar-refractivity contribution in [1.82, 2.24) is 10.2 Å². The van der Waals surface area contributed by atoms with Crippen LogP contribution in [0.5, 0.6) is 0 Å². The van der Waals surface area contributed by atoms with E-state index in [2.05, 4.69) is 23.2 Å². The van der Waals surface area contributed by atoms with Gasteiger partial charge in [0.2, 0.25) is 0 Å². The molecule has 2 aliphatic rings. The molecule has 1 aliphatic heterocycles. The number of likely N-dealkylation sites (tertiary alicyclic amines) is 1. The molecule has 0 radical (unpaired) electrons. The van der Waals surface area contributed by atoms with Crippen LogP contribution in [0.25, 0.3) is 0 Å². The summed E-state index contributed by atoms with van der Waals surface area (Å²) in [4.78, 5) is 2.54. The van der Waals surface area contributed by atoms with Gasteiger partial charge in [-0.25, -0.2) is 0 Å². The van der Waals surface area contributed by atoms with Gasteiger partial charge in [-0.1, -0.05) is 13.3 Å². The van der Waals surface area contributed by atoms with Crippen LogP contribution in [-0.4, -0.2) is 49.8 Å². The summed E-state index contributed by atoms with van der Waals surface area (Å²) < 4.78 is 5.42. The third kappa shape index (κ3) is 3.52. The largest absolute Gasteiger partial charge is 0.381 e. The maximum absolute atomic E-state index is 9.58. The summed E-state index contributed by atoms with van der Waals surface area (Å²) in [5, 5.41) is 13.0. The first-order chi connectivity index (χ1) is 9.74. The molecule has 114 valence electrons. The number of ether oxygens (including phenoxy) is 1. The molecule has 2 atom stereocenters. The predicted octanol–water partition coefficient (Wildman–Crippen LogP) is 2.16. The molecule has 0 spiro atoms. The highest BCUT2D eigenvalue weighted by molar-refractivity contribution is 5.14. The summed E-state index contributed by atoms with van der Waals surface area (Å²) in [6, 6.07) is 2.58. The number of hydrogen-bond acceptors (Lipinski definition) is 4. The molecule has 4 nitrogen and oxygen atoms in total. The second-order valence-electron chi connectivity index (χ2n) is 6.27. The number of nitrogens with one attached hydrogen (secondary N) is 1. The zero-order valence-corrected chi connectivity index (χ0v) is 13.0. The fraction of sp³-hybridized carbons (Fsp3) is 0.938. The maximum atomic E-state index is 9.58. The van der Waals surface area contributed by atoms with Crippen LogP contribution in [0, 0.1) is 17.2 Å². The zero-order valence-electron chi connectivity index (χ0n) is 13.0. The summed E-state index contributed by atoms with van der Waals surface area (Å²) in [6.07, 6.45) is 7.32. The Balaban J connectivity index is 1.80. The Hall–Kier alpha value is -0.630. The molecule has 1 N–H and O–H groups in total. The molecule has 0 aromatic heterocycles. The summed E-state index contributed by atoms with van der Waals surface area (Å²) in [5.41, 5.74) is -0.250. The van der Waals surface area contributed by atoms with E-state index in [0.29, 0.717) is 12.0 Å². The van der Waals surface area contributed by atoms with E-state index in [-0.39, 0.29) is 5.54 Å². The van der Waals surface area contributed by atoms with Crippen molar-refractivity contribution in [3.8, 4) is 6.07 Å². The van der Waals surface area contributed by atoms with Crippen LogP contribution in [0.1, 0.15) is 45.4 Å². The smallest absolute Gasteiger partial charge is 0.109 e. The number of nitriles is 1. The van der Waals surface area contributed by atoms with Gasteiger partial charge in [0, 0.05) is 20.2 Å². The van der Waals surface area contributed by atoms with Gasteiger partial charge >= 0.3 is 0 Å². The standard InChI is InChI=1S/C16H29N3O/c1-3-18-16(13-17)9-4-5-14(16)6-10-19-11-7-15(20-2)8-12-19/h14-15,18H,3-12H2,1-2H3. The fourth-order valence-corrected chi connectivity index (χ4v) is 3.91. The van der Waals surface area contributed by atoms with Gasteiger partial charge < -0.3 is 9.64 Å². The van der Waals surface area contributed by atoms with E-state index in [1.165, 1.54) is 12.8 Å². The van der Waals surface area contributed by atoms with Gasteiger partial charge in [-0.3, -0.25) is 5.32 Å². The lowest BCUT2D eigenvalue weighted by atomic mass is 9.85. The highest BCUT2D eigenvalue weighted by Crippen LogP contribution is 2.37. The summed E-state index contributed by atoms with van der Waals surface area (Å²) in [5.74, 6) is 0.521. The SMILES string of the molecule is CCNC1(C#N)CCCC1CCN1CCC(OC)CC1. The van der Waals surface area contributed by atoms with E-state index in [1.807, 2.05) is 7.11 Å². The van der Waals surface area contributed by atoms with E-state index in [4.69, 9.17) is 4.74 Å². The Morgan fingerprint density at radius 3 is 2.70 bits per heavy atom. The molecule has 0 aromatic carbocycles. The minimum Gasteiger partial charge on any atom is -0.381 e. The van der Waals surface area contributed by atoms with Crippen molar-refractivity contribution in [2.24, 2.45) is 5.92 Å². The number of methoxy groups -OCH3 is 1. The molecular weight excluding hydrogens is 250 g/mol. The highest BCUT2D eigenvalue weighted by Gasteiger charge is 2.42. The van der Waals surface area contributed by atoms with Gasteiger partial charge in [0.1, 0.15) is 5.54 Å². The van der Waals surface area contributed by atoms with Crippen molar-refractivity contribution < 1.29 is 4.74 Å². The summed E-state index contributed by atoms with van der Waals surface area (Å²) in [6.45, 7) is 6.42. The molecule has 1 aliphatic carbocycles. The molecular formula is C16H29N3O. The van der Waals surface area contributed by atoms with Crippen molar-refractivity contribution in [2.75, 3.05) is 33.3 Å². The topological polar surface area (TPSA) is 48.3 Å². The third-order valence-electron chi connectivity index (χ3n) is 5.17. The second-order valence-corrected chi connectivity index (χ2v) is 6.27. The minimum atomic E-state index is -0.250. The predicted molar refractivity (Wildman–Crippen MR) is 80.4 cm³/mol. The lowest BCUT2D eigenvalue weighted by Crippen LogP contribution is -2.48. The molecule has 1 heterocycles. The van der Waals surface area contributed by atoms with Gasteiger partial charge in [0.25, 0.3) is 0 Å². The maximum Gasteiger partial charge on any atom is 0.109 e. The van der Waals surface area contributed by atoms with Crippen LogP contribution in [0.15, 0.2) is 0 Å². The van der Waals surface area contributed by atoms with Crippen LogP contribution in [0.4, 0.5) is 0 Å². The monoisotopic (exact) mass is 279 g/mol. The van der Waals surface area contributed by atoms with Crippen molar-refractivity contribution in [1.29, 1.82) is 5.26 Å².